The first-order valence-electron chi connectivity index (χ1n) is 12.5. The number of rotatable bonds is 10. The number of nitrogens with zero attached hydrogens (tertiary/aromatic N) is 2. The molecule has 0 saturated heterocycles. The van der Waals surface area contributed by atoms with Crippen LogP contribution in [0.3, 0.4) is 0 Å². The van der Waals surface area contributed by atoms with Gasteiger partial charge in [0.05, 0.1) is 18.3 Å². The predicted octanol–water partition coefficient (Wildman–Crippen LogP) is 6.34. The number of hydrogen-bond acceptors (Lipinski definition) is 6. The first-order valence-corrected chi connectivity index (χ1v) is 12.5. The topological polar surface area (TPSA) is 78.4 Å². The van der Waals surface area contributed by atoms with Gasteiger partial charge in [0.2, 0.25) is 0 Å². The molecule has 6 nitrogen and oxygen atoms in total. The van der Waals surface area contributed by atoms with E-state index in [2.05, 4.69) is 59.9 Å². The molecule has 0 spiro atoms. The Kier molecular flexibility index (Phi) is 8.61. The number of ether oxygens (including phenoxy) is 2. The number of allylic oxidation sites excluding steroid dienone is 1. The van der Waals surface area contributed by atoms with E-state index >= 15 is 0 Å². The molecule has 1 aliphatic rings. The fraction of sp³-hybridized carbons (Fsp3) is 0.333. The van der Waals surface area contributed by atoms with Crippen LogP contribution in [-0.2, 0) is 14.3 Å². The van der Waals surface area contributed by atoms with Crippen LogP contribution in [0.25, 0.3) is 22.5 Å². The highest BCUT2D eigenvalue weighted by Crippen LogP contribution is 2.34. The van der Waals surface area contributed by atoms with Crippen LogP contribution in [0.1, 0.15) is 44.1 Å². The first-order chi connectivity index (χ1) is 17.6. The molecular weight excluding hydrogens is 452 g/mol. The predicted molar refractivity (Wildman–Crippen MR) is 139 cm³/mol. The van der Waals surface area contributed by atoms with Crippen LogP contribution in [0.2, 0.25) is 0 Å². The van der Waals surface area contributed by atoms with Crippen LogP contribution in [0.15, 0.2) is 73.6 Å². The Morgan fingerprint density at radius 3 is 2.14 bits per heavy atom. The zero-order valence-electron chi connectivity index (χ0n) is 20.6. The van der Waals surface area contributed by atoms with Crippen molar-refractivity contribution in [3.8, 4) is 28.3 Å². The molecule has 1 atom stereocenters. The second kappa shape index (κ2) is 12.2. The van der Waals surface area contributed by atoms with E-state index in [0.717, 1.165) is 42.4 Å². The van der Waals surface area contributed by atoms with Crippen LogP contribution >= 0.6 is 0 Å². The molecule has 1 aliphatic carbocycles. The third kappa shape index (κ3) is 6.45. The molecule has 186 valence electrons. The average Bonchev–Trinajstić information content (AvgIpc) is 2.92. The van der Waals surface area contributed by atoms with Gasteiger partial charge in [-0.25, -0.2) is 9.97 Å². The van der Waals surface area contributed by atoms with Gasteiger partial charge in [0.1, 0.15) is 6.10 Å². The van der Waals surface area contributed by atoms with Crippen LogP contribution in [0.4, 0.5) is 0 Å². The summed E-state index contributed by atoms with van der Waals surface area (Å²) >= 11 is 0. The van der Waals surface area contributed by atoms with Crippen molar-refractivity contribution in [2.45, 2.75) is 51.6 Å². The number of aryl methyl sites for hydroxylation is 1. The standard InChI is InChI=1S/C30H32N2O4/c1-3-4-5-28(35-20-33)24-12-16-26(17-13-24)30(34)36-27-18-31-29(32-19-27)25-14-10-23(11-15-25)22-8-6-21(2)7-9-22/h3,6-11,14-15,18-20,24,26,28H,1,4-5,12-13,16-17H2,2H3. The normalized spacial score (nSPS) is 18.1. The fourth-order valence-electron chi connectivity index (χ4n) is 4.77. The molecule has 0 aliphatic heterocycles. The summed E-state index contributed by atoms with van der Waals surface area (Å²) in [6, 6.07) is 16.5. The number of esters is 1. The molecule has 2 aromatic carbocycles. The van der Waals surface area contributed by atoms with Gasteiger partial charge in [0, 0.05) is 5.56 Å². The van der Waals surface area contributed by atoms with E-state index in [1.54, 1.807) is 12.4 Å². The maximum Gasteiger partial charge on any atom is 0.314 e. The number of carbonyl (C=O) groups excluding carboxylic acids is 2. The van der Waals surface area contributed by atoms with Crippen LogP contribution in [0.5, 0.6) is 5.75 Å². The molecule has 1 fully saturated rings. The van der Waals surface area contributed by atoms with Crippen molar-refractivity contribution in [2.75, 3.05) is 0 Å². The third-order valence-electron chi connectivity index (χ3n) is 6.89. The first kappa shape index (κ1) is 25.3. The summed E-state index contributed by atoms with van der Waals surface area (Å²) in [6.07, 6.45) is 9.43. The lowest BCUT2D eigenvalue weighted by atomic mass is 9.78. The lowest BCUT2D eigenvalue weighted by Gasteiger charge is -2.31. The second-order valence-electron chi connectivity index (χ2n) is 9.36. The summed E-state index contributed by atoms with van der Waals surface area (Å²) in [5.74, 6) is 0.749. The maximum absolute atomic E-state index is 12.7. The van der Waals surface area contributed by atoms with Crippen molar-refractivity contribution in [2.24, 2.45) is 11.8 Å². The summed E-state index contributed by atoms with van der Waals surface area (Å²) < 4.78 is 10.9. The minimum atomic E-state index is -0.258. The third-order valence-corrected chi connectivity index (χ3v) is 6.89. The summed E-state index contributed by atoms with van der Waals surface area (Å²) in [5, 5.41) is 0. The Morgan fingerprint density at radius 1 is 0.972 bits per heavy atom. The highest BCUT2D eigenvalue weighted by molar-refractivity contribution is 5.75. The van der Waals surface area contributed by atoms with E-state index in [9.17, 15) is 9.59 Å². The lowest BCUT2D eigenvalue weighted by Crippen LogP contribution is -2.31. The number of hydrogen-bond donors (Lipinski definition) is 0. The van der Waals surface area contributed by atoms with Gasteiger partial charge >= 0.3 is 5.97 Å². The minimum absolute atomic E-state index is 0.121. The molecule has 0 bridgehead atoms. The Labute approximate surface area is 212 Å². The zero-order valence-corrected chi connectivity index (χ0v) is 20.6. The van der Waals surface area contributed by atoms with Gasteiger partial charge in [-0.2, -0.15) is 0 Å². The van der Waals surface area contributed by atoms with Gasteiger partial charge in [-0.05, 0) is 62.5 Å². The summed E-state index contributed by atoms with van der Waals surface area (Å²) in [6.45, 7) is 6.33. The van der Waals surface area contributed by atoms with E-state index in [1.807, 2.05) is 18.2 Å². The Morgan fingerprint density at radius 2 is 1.56 bits per heavy atom. The molecule has 1 aromatic heterocycles. The van der Waals surface area contributed by atoms with Gasteiger partial charge in [-0.3, -0.25) is 9.59 Å². The Bertz CT molecular complexity index is 1150. The van der Waals surface area contributed by atoms with Crippen LogP contribution in [-0.4, -0.2) is 28.5 Å². The van der Waals surface area contributed by atoms with Gasteiger partial charge in [0.15, 0.2) is 11.6 Å². The molecule has 1 unspecified atom stereocenters. The zero-order chi connectivity index (χ0) is 25.3. The van der Waals surface area contributed by atoms with Crippen LogP contribution < -0.4 is 4.74 Å². The largest absolute Gasteiger partial charge is 0.464 e. The average molecular weight is 485 g/mol. The molecule has 0 radical (unpaired) electrons. The SMILES string of the molecule is C=CCCC(OC=O)C1CCC(C(=O)Oc2cnc(-c3ccc(-c4ccc(C)cc4)cc3)nc2)CC1. The van der Waals surface area contributed by atoms with Crippen molar-refractivity contribution in [3.63, 3.8) is 0 Å². The summed E-state index contributed by atoms with van der Waals surface area (Å²) in [7, 11) is 0. The fourth-order valence-corrected chi connectivity index (χ4v) is 4.77. The molecule has 36 heavy (non-hydrogen) atoms. The molecular formula is C30H32N2O4. The number of benzene rings is 2. The lowest BCUT2D eigenvalue weighted by molar-refractivity contribution is -0.143. The van der Waals surface area contributed by atoms with Gasteiger partial charge in [-0.15, -0.1) is 6.58 Å². The van der Waals surface area contributed by atoms with E-state index in [4.69, 9.17) is 9.47 Å². The van der Waals surface area contributed by atoms with E-state index in [1.165, 1.54) is 5.56 Å². The Balaban J connectivity index is 1.31. The molecule has 0 amide bonds. The smallest absolute Gasteiger partial charge is 0.314 e. The highest BCUT2D eigenvalue weighted by Gasteiger charge is 2.32. The number of aromatic nitrogens is 2. The molecule has 3 aromatic rings. The van der Waals surface area contributed by atoms with Gasteiger partial charge in [-0.1, -0.05) is 60.2 Å². The molecule has 4 rings (SSSR count). The summed E-state index contributed by atoms with van der Waals surface area (Å²) in [5.41, 5.74) is 4.41. The van der Waals surface area contributed by atoms with Crippen molar-refractivity contribution >= 4 is 12.4 Å². The summed E-state index contributed by atoms with van der Waals surface area (Å²) in [4.78, 5) is 32.4. The highest BCUT2D eigenvalue weighted by atomic mass is 16.5. The monoisotopic (exact) mass is 484 g/mol. The van der Waals surface area contributed by atoms with Crippen molar-refractivity contribution in [1.29, 1.82) is 0 Å². The van der Waals surface area contributed by atoms with E-state index < -0.39 is 0 Å². The molecule has 0 N–H and O–H groups in total. The Hall–Kier alpha value is -3.80. The van der Waals surface area contributed by atoms with Crippen molar-refractivity contribution in [1.82, 2.24) is 9.97 Å². The maximum atomic E-state index is 12.7. The van der Waals surface area contributed by atoms with E-state index in [0.29, 0.717) is 30.9 Å². The second-order valence-corrected chi connectivity index (χ2v) is 9.36. The van der Waals surface area contributed by atoms with Gasteiger partial charge < -0.3 is 9.47 Å². The van der Waals surface area contributed by atoms with Crippen molar-refractivity contribution < 1.29 is 19.1 Å². The van der Waals surface area contributed by atoms with Crippen LogP contribution in [0, 0.1) is 18.8 Å². The number of carbonyl (C=O) groups is 2. The van der Waals surface area contributed by atoms with Crippen molar-refractivity contribution in [3.05, 3.63) is 79.1 Å². The quantitative estimate of drug-likeness (QED) is 0.190. The minimum Gasteiger partial charge on any atom is -0.464 e. The molecule has 6 heteroatoms. The molecule has 1 heterocycles. The molecule has 1 saturated carbocycles. The van der Waals surface area contributed by atoms with Gasteiger partial charge in [0.25, 0.3) is 6.47 Å². The van der Waals surface area contributed by atoms with E-state index in [-0.39, 0.29) is 23.9 Å².